The molecule has 7 nitrogen and oxygen atoms in total. The summed E-state index contributed by atoms with van der Waals surface area (Å²) in [6, 6.07) is 6.19. The number of phenols is 1. The highest BCUT2D eigenvalue weighted by atomic mass is 16.5. The van der Waals surface area contributed by atoms with Crippen molar-refractivity contribution in [1.82, 2.24) is 15.0 Å². The topological polar surface area (TPSA) is 108 Å². The predicted octanol–water partition coefficient (Wildman–Crippen LogP) is 1.73. The van der Waals surface area contributed by atoms with E-state index in [2.05, 4.69) is 10.3 Å². The molecule has 1 aromatic carbocycles. The second-order valence-corrected chi connectivity index (χ2v) is 4.55. The number of phenolic OH excluding ortho intramolecular Hbond substituents is 1. The molecule has 4 N–H and O–H groups in total. The maximum atomic E-state index is 11.9. The summed E-state index contributed by atoms with van der Waals surface area (Å²) in [5.41, 5.74) is -0.146. The largest absolute Gasteiger partial charge is 0.507 e. The lowest BCUT2D eigenvalue weighted by Gasteiger charge is -2.06. The molecule has 7 heteroatoms. The number of rotatable bonds is 5. The monoisotopic (exact) mass is 291 g/mol. The normalized spacial score (nSPS) is 10.5. The second kappa shape index (κ2) is 6.17. The Morgan fingerprint density at radius 1 is 1.33 bits per heavy atom. The molecule has 21 heavy (non-hydrogen) atoms. The Morgan fingerprint density at radius 3 is 2.71 bits per heavy atom. The van der Waals surface area contributed by atoms with Crippen molar-refractivity contribution >= 4 is 5.91 Å². The van der Waals surface area contributed by atoms with E-state index in [4.69, 9.17) is 0 Å². The SMILES string of the molecule is CCCCNC(=O)c1c(O)nc(-c2ccccc2O)n1O. The number of nitrogens with one attached hydrogen (secondary N) is 1. The zero-order chi connectivity index (χ0) is 15.4. The first-order chi connectivity index (χ1) is 10.1. The summed E-state index contributed by atoms with van der Waals surface area (Å²) in [6.45, 7) is 2.42. The average Bonchev–Trinajstić information content (AvgIpc) is 2.74. The average molecular weight is 291 g/mol. The number of carbonyl (C=O) groups is 1. The highest BCUT2D eigenvalue weighted by Gasteiger charge is 2.24. The first kappa shape index (κ1) is 14.7. The van der Waals surface area contributed by atoms with Crippen molar-refractivity contribution in [3.05, 3.63) is 30.0 Å². The zero-order valence-electron chi connectivity index (χ0n) is 11.6. The number of amides is 1. The fourth-order valence-corrected chi connectivity index (χ4v) is 1.90. The van der Waals surface area contributed by atoms with E-state index in [0.29, 0.717) is 11.3 Å². The van der Waals surface area contributed by atoms with Crippen LogP contribution in [0.4, 0.5) is 0 Å². The fraction of sp³-hybridized carbons (Fsp3) is 0.286. The lowest BCUT2D eigenvalue weighted by molar-refractivity contribution is 0.0900. The highest BCUT2D eigenvalue weighted by molar-refractivity contribution is 5.95. The van der Waals surface area contributed by atoms with Crippen LogP contribution in [-0.2, 0) is 0 Å². The molecule has 1 amide bonds. The number of nitrogens with zero attached hydrogens (tertiary/aromatic N) is 2. The maximum Gasteiger partial charge on any atom is 0.277 e. The van der Waals surface area contributed by atoms with E-state index >= 15 is 0 Å². The smallest absolute Gasteiger partial charge is 0.277 e. The summed E-state index contributed by atoms with van der Waals surface area (Å²) in [6.07, 6.45) is 1.70. The van der Waals surface area contributed by atoms with E-state index in [9.17, 15) is 20.2 Å². The Labute approximate surface area is 121 Å². The van der Waals surface area contributed by atoms with Gasteiger partial charge in [-0.05, 0) is 18.6 Å². The van der Waals surface area contributed by atoms with Crippen molar-refractivity contribution in [3.8, 4) is 23.0 Å². The summed E-state index contributed by atoms with van der Waals surface area (Å²) >= 11 is 0. The number of aromatic hydroxyl groups is 2. The Balaban J connectivity index is 2.34. The molecule has 0 aliphatic carbocycles. The summed E-state index contributed by atoms with van der Waals surface area (Å²) in [7, 11) is 0. The molecule has 2 rings (SSSR count). The van der Waals surface area contributed by atoms with E-state index in [1.54, 1.807) is 12.1 Å². The minimum absolute atomic E-state index is 0.105. The molecule has 0 fully saturated rings. The van der Waals surface area contributed by atoms with Crippen molar-refractivity contribution in [2.24, 2.45) is 0 Å². The number of imidazole rings is 1. The van der Waals surface area contributed by atoms with Crippen molar-refractivity contribution in [3.63, 3.8) is 0 Å². The fourth-order valence-electron chi connectivity index (χ4n) is 1.90. The van der Waals surface area contributed by atoms with Crippen molar-refractivity contribution in [2.45, 2.75) is 19.8 Å². The number of benzene rings is 1. The molecule has 0 aliphatic heterocycles. The molecule has 0 saturated carbocycles. The van der Waals surface area contributed by atoms with Gasteiger partial charge in [-0.3, -0.25) is 4.79 Å². The highest BCUT2D eigenvalue weighted by Crippen LogP contribution is 2.30. The first-order valence-corrected chi connectivity index (χ1v) is 6.63. The van der Waals surface area contributed by atoms with Crippen LogP contribution in [0.1, 0.15) is 30.3 Å². The van der Waals surface area contributed by atoms with E-state index in [1.807, 2.05) is 6.92 Å². The Bertz CT molecular complexity index is 652. The van der Waals surface area contributed by atoms with Gasteiger partial charge in [0, 0.05) is 6.54 Å². The molecule has 0 unspecified atom stereocenters. The van der Waals surface area contributed by atoms with Crippen LogP contribution in [0.2, 0.25) is 0 Å². The van der Waals surface area contributed by atoms with Crippen LogP contribution in [0.25, 0.3) is 11.4 Å². The molecule has 0 saturated heterocycles. The van der Waals surface area contributed by atoms with Crippen LogP contribution in [0.5, 0.6) is 11.6 Å². The van der Waals surface area contributed by atoms with Crippen LogP contribution in [0.15, 0.2) is 24.3 Å². The van der Waals surface area contributed by atoms with Crippen LogP contribution in [0, 0.1) is 0 Å². The second-order valence-electron chi connectivity index (χ2n) is 4.55. The van der Waals surface area contributed by atoms with Gasteiger partial charge in [0.1, 0.15) is 5.75 Å². The van der Waals surface area contributed by atoms with Crippen LogP contribution in [0.3, 0.4) is 0 Å². The lowest BCUT2D eigenvalue weighted by atomic mass is 10.2. The van der Waals surface area contributed by atoms with E-state index < -0.39 is 11.8 Å². The number of para-hydroxylation sites is 1. The number of unbranched alkanes of at least 4 members (excludes halogenated alkanes) is 1. The summed E-state index contributed by atoms with van der Waals surface area (Å²) in [4.78, 5) is 15.7. The van der Waals surface area contributed by atoms with Crippen LogP contribution >= 0.6 is 0 Å². The molecule has 112 valence electrons. The minimum atomic E-state index is -0.627. The molecule has 1 aromatic heterocycles. The standard InChI is InChI=1S/C14H17N3O4/c1-2-3-8-15-13(19)11-14(20)16-12(17(11)21)9-6-4-5-7-10(9)18/h4-7,18,20-21H,2-3,8H2,1H3,(H,15,19). The number of aromatic nitrogens is 2. The van der Waals surface area contributed by atoms with Crippen molar-refractivity contribution in [1.29, 1.82) is 0 Å². The van der Waals surface area contributed by atoms with E-state index in [-0.39, 0.29) is 22.8 Å². The predicted molar refractivity (Wildman–Crippen MR) is 75.4 cm³/mol. The van der Waals surface area contributed by atoms with Gasteiger partial charge in [0.25, 0.3) is 5.91 Å². The number of hydrogen-bond acceptors (Lipinski definition) is 5. The Kier molecular flexibility index (Phi) is 4.32. The molecule has 0 aliphatic rings. The van der Waals surface area contributed by atoms with Gasteiger partial charge < -0.3 is 20.7 Å². The van der Waals surface area contributed by atoms with Gasteiger partial charge in [0.2, 0.25) is 11.6 Å². The summed E-state index contributed by atoms with van der Waals surface area (Å²) in [5.74, 6) is -1.44. The Hall–Kier alpha value is -2.70. The minimum Gasteiger partial charge on any atom is -0.507 e. The van der Waals surface area contributed by atoms with Crippen LogP contribution in [-0.4, -0.2) is 37.6 Å². The first-order valence-electron chi connectivity index (χ1n) is 6.63. The lowest BCUT2D eigenvalue weighted by Crippen LogP contribution is -2.26. The van der Waals surface area contributed by atoms with E-state index in [1.165, 1.54) is 12.1 Å². The quantitative estimate of drug-likeness (QED) is 0.495. The number of carbonyl (C=O) groups excluding carboxylic acids is 1. The van der Waals surface area contributed by atoms with Gasteiger partial charge in [0.05, 0.1) is 5.56 Å². The molecule has 2 aromatic rings. The van der Waals surface area contributed by atoms with Gasteiger partial charge in [-0.25, -0.2) is 0 Å². The molecular weight excluding hydrogens is 274 g/mol. The molecule has 1 heterocycles. The van der Waals surface area contributed by atoms with Gasteiger partial charge >= 0.3 is 0 Å². The summed E-state index contributed by atoms with van der Waals surface area (Å²) < 4.78 is 0.478. The molecule has 0 bridgehead atoms. The summed E-state index contributed by atoms with van der Waals surface area (Å²) in [5, 5.41) is 32.1. The third kappa shape index (κ3) is 2.91. The molecule has 0 spiro atoms. The van der Waals surface area contributed by atoms with Gasteiger partial charge in [-0.2, -0.15) is 9.71 Å². The van der Waals surface area contributed by atoms with Crippen molar-refractivity contribution < 1.29 is 20.2 Å². The van der Waals surface area contributed by atoms with Gasteiger partial charge in [0.15, 0.2) is 5.82 Å². The van der Waals surface area contributed by atoms with Gasteiger partial charge in [-0.15, -0.1) is 0 Å². The molecular formula is C14H17N3O4. The molecule has 0 radical (unpaired) electrons. The Morgan fingerprint density at radius 2 is 2.05 bits per heavy atom. The van der Waals surface area contributed by atoms with Gasteiger partial charge in [-0.1, -0.05) is 25.5 Å². The molecule has 0 atom stereocenters. The van der Waals surface area contributed by atoms with Crippen LogP contribution < -0.4 is 5.32 Å². The third-order valence-electron chi connectivity index (χ3n) is 3.01. The van der Waals surface area contributed by atoms with Crippen molar-refractivity contribution in [2.75, 3.05) is 6.54 Å². The van der Waals surface area contributed by atoms with E-state index in [0.717, 1.165) is 12.8 Å². The zero-order valence-corrected chi connectivity index (χ0v) is 11.6. The maximum absolute atomic E-state index is 11.9. The third-order valence-corrected chi connectivity index (χ3v) is 3.01. The number of hydrogen-bond donors (Lipinski definition) is 4.